The standard InChI is InChI=1S/C13H11NO4/c15-12-7-18-10-4-3-8(6-9(10)14-12)13(16)11-2-1-5-17-11/h1-6,13,16H,7H2,(H,14,15). The van der Waals surface area contributed by atoms with Gasteiger partial charge in [-0.1, -0.05) is 6.07 Å². The predicted molar refractivity (Wildman–Crippen MR) is 63.3 cm³/mol. The van der Waals surface area contributed by atoms with Gasteiger partial charge in [-0.2, -0.15) is 0 Å². The van der Waals surface area contributed by atoms with Crippen molar-refractivity contribution in [2.24, 2.45) is 0 Å². The highest BCUT2D eigenvalue weighted by Crippen LogP contribution is 2.32. The number of amides is 1. The second kappa shape index (κ2) is 4.19. The number of aliphatic hydroxyl groups excluding tert-OH is 1. The average molecular weight is 245 g/mol. The molecule has 1 aromatic carbocycles. The summed E-state index contributed by atoms with van der Waals surface area (Å²) < 4.78 is 10.4. The number of rotatable bonds is 2. The second-order valence-corrected chi connectivity index (χ2v) is 4.01. The number of nitrogens with one attached hydrogen (secondary N) is 1. The normalized spacial score (nSPS) is 15.5. The van der Waals surface area contributed by atoms with E-state index in [1.165, 1.54) is 6.26 Å². The van der Waals surface area contributed by atoms with Gasteiger partial charge in [0.2, 0.25) is 0 Å². The average Bonchev–Trinajstić information content (AvgIpc) is 2.90. The molecule has 1 aliphatic rings. The zero-order chi connectivity index (χ0) is 12.5. The van der Waals surface area contributed by atoms with Crippen LogP contribution in [-0.4, -0.2) is 17.6 Å². The van der Waals surface area contributed by atoms with E-state index < -0.39 is 6.10 Å². The van der Waals surface area contributed by atoms with Crippen molar-refractivity contribution in [1.29, 1.82) is 0 Å². The van der Waals surface area contributed by atoms with Gasteiger partial charge >= 0.3 is 0 Å². The maximum absolute atomic E-state index is 11.2. The van der Waals surface area contributed by atoms with Crippen molar-refractivity contribution in [3.05, 3.63) is 47.9 Å². The van der Waals surface area contributed by atoms with Crippen LogP contribution in [0.25, 0.3) is 0 Å². The molecule has 1 atom stereocenters. The third kappa shape index (κ3) is 1.84. The highest BCUT2D eigenvalue weighted by Gasteiger charge is 2.19. The number of benzene rings is 1. The van der Waals surface area contributed by atoms with Crippen molar-refractivity contribution >= 4 is 11.6 Å². The highest BCUT2D eigenvalue weighted by atomic mass is 16.5. The molecule has 2 N–H and O–H groups in total. The molecule has 0 saturated carbocycles. The van der Waals surface area contributed by atoms with E-state index in [0.717, 1.165) is 0 Å². The van der Waals surface area contributed by atoms with Gasteiger partial charge in [-0.3, -0.25) is 4.79 Å². The summed E-state index contributed by atoms with van der Waals surface area (Å²) in [6, 6.07) is 8.54. The molecule has 0 aliphatic carbocycles. The molecule has 5 heteroatoms. The Morgan fingerprint density at radius 1 is 1.33 bits per heavy atom. The van der Waals surface area contributed by atoms with Crippen LogP contribution in [0.3, 0.4) is 0 Å². The van der Waals surface area contributed by atoms with Crippen molar-refractivity contribution in [3.8, 4) is 5.75 Å². The van der Waals surface area contributed by atoms with Crippen molar-refractivity contribution in [2.45, 2.75) is 6.10 Å². The number of fused-ring (bicyclic) bond motifs is 1. The lowest BCUT2D eigenvalue weighted by Crippen LogP contribution is -2.25. The van der Waals surface area contributed by atoms with E-state index in [0.29, 0.717) is 22.8 Å². The van der Waals surface area contributed by atoms with Gasteiger partial charge in [0.15, 0.2) is 6.61 Å². The molecule has 2 aromatic rings. The molecule has 1 unspecified atom stereocenters. The van der Waals surface area contributed by atoms with Crippen LogP contribution in [0.4, 0.5) is 5.69 Å². The summed E-state index contributed by atoms with van der Waals surface area (Å²) in [5.41, 5.74) is 1.20. The van der Waals surface area contributed by atoms with Crippen molar-refractivity contribution in [1.82, 2.24) is 0 Å². The summed E-state index contributed by atoms with van der Waals surface area (Å²) in [6.07, 6.45) is 0.645. The summed E-state index contributed by atoms with van der Waals surface area (Å²) >= 11 is 0. The molecule has 5 nitrogen and oxygen atoms in total. The van der Waals surface area contributed by atoms with Gasteiger partial charge < -0.3 is 19.6 Å². The first-order valence-electron chi connectivity index (χ1n) is 5.52. The molecule has 2 heterocycles. The summed E-state index contributed by atoms with van der Waals surface area (Å²) in [6.45, 7) is 0.0209. The Bertz CT molecular complexity index is 577. The lowest BCUT2D eigenvalue weighted by atomic mass is 10.1. The topological polar surface area (TPSA) is 71.7 Å². The van der Waals surface area contributed by atoms with Crippen LogP contribution < -0.4 is 10.1 Å². The summed E-state index contributed by atoms with van der Waals surface area (Å²) in [4.78, 5) is 11.2. The molecule has 1 aromatic heterocycles. The summed E-state index contributed by atoms with van der Waals surface area (Å²) in [5, 5.41) is 12.8. The van der Waals surface area contributed by atoms with Gasteiger partial charge in [0, 0.05) is 0 Å². The highest BCUT2D eigenvalue weighted by molar-refractivity contribution is 5.95. The first kappa shape index (κ1) is 10.9. The van der Waals surface area contributed by atoms with Gasteiger partial charge in [-0.15, -0.1) is 0 Å². The minimum absolute atomic E-state index is 0.0209. The monoisotopic (exact) mass is 245 g/mol. The Morgan fingerprint density at radius 2 is 2.22 bits per heavy atom. The molecule has 92 valence electrons. The van der Waals surface area contributed by atoms with Gasteiger partial charge in [0.1, 0.15) is 17.6 Å². The Labute approximate surface area is 103 Å². The van der Waals surface area contributed by atoms with Crippen LogP contribution in [-0.2, 0) is 4.79 Å². The van der Waals surface area contributed by atoms with E-state index in [-0.39, 0.29) is 12.5 Å². The lowest BCUT2D eigenvalue weighted by molar-refractivity contribution is -0.118. The number of furan rings is 1. The number of hydrogen-bond donors (Lipinski definition) is 2. The largest absolute Gasteiger partial charge is 0.482 e. The summed E-state index contributed by atoms with van der Waals surface area (Å²) in [7, 11) is 0. The number of aliphatic hydroxyl groups is 1. The van der Waals surface area contributed by atoms with Gasteiger partial charge in [-0.05, 0) is 29.8 Å². The first-order chi connectivity index (χ1) is 8.74. The van der Waals surface area contributed by atoms with E-state index in [1.807, 2.05) is 0 Å². The van der Waals surface area contributed by atoms with Gasteiger partial charge in [0.25, 0.3) is 5.91 Å². The first-order valence-corrected chi connectivity index (χ1v) is 5.52. The number of anilines is 1. The minimum Gasteiger partial charge on any atom is -0.482 e. The van der Waals surface area contributed by atoms with Crippen molar-refractivity contribution in [2.75, 3.05) is 11.9 Å². The zero-order valence-electron chi connectivity index (χ0n) is 9.42. The molecule has 0 bridgehead atoms. The third-order valence-electron chi connectivity index (χ3n) is 2.76. The molecule has 0 spiro atoms. The summed E-state index contributed by atoms with van der Waals surface area (Å²) in [5.74, 6) is 0.857. The maximum Gasteiger partial charge on any atom is 0.262 e. The van der Waals surface area contributed by atoms with Crippen LogP contribution in [0.15, 0.2) is 41.0 Å². The van der Waals surface area contributed by atoms with E-state index in [2.05, 4.69) is 5.32 Å². The lowest BCUT2D eigenvalue weighted by Gasteiger charge is -2.19. The number of ether oxygens (including phenoxy) is 1. The molecule has 0 saturated heterocycles. The Hall–Kier alpha value is -2.27. The van der Waals surface area contributed by atoms with Crippen LogP contribution >= 0.6 is 0 Å². The quantitative estimate of drug-likeness (QED) is 0.844. The second-order valence-electron chi connectivity index (χ2n) is 4.01. The van der Waals surface area contributed by atoms with Crippen LogP contribution in [0.5, 0.6) is 5.75 Å². The molecule has 3 rings (SSSR count). The minimum atomic E-state index is -0.857. The molecule has 1 amide bonds. The Balaban J connectivity index is 1.94. The van der Waals surface area contributed by atoms with Crippen molar-refractivity contribution < 1.29 is 19.1 Å². The fraction of sp³-hybridized carbons (Fsp3) is 0.154. The SMILES string of the molecule is O=C1COc2ccc(C(O)c3ccco3)cc2N1. The maximum atomic E-state index is 11.2. The number of carbonyl (C=O) groups is 1. The van der Waals surface area contributed by atoms with Crippen molar-refractivity contribution in [3.63, 3.8) is 0 Å². The van der Waals surface area contributed by atoms with E-state index in [1.54, 1.807) is 30.3 Å². The molecule has 0 radical (unpaired) electrons. The van der Waals surface area contributed by atoms with E-state index in [9.17, 15) is 9.90 Å². The molecule has 0 fully saturated rings. The number of hydrogen-bond acceptors (Lipinski definition) is 4. The zero-order valence-corrected chi connectivity index (χ0v) is 9.42. The fourth-order valence-electron chi connectivity index (χ4n) is 1.88. The molecular weight excluding hydrogens is 234 g/mol. The van der Waals surface area contributed by atoms with Gasteiger partial charge in [-0.25, -0.2) is 0 Å². The van der Waals surface area contributed by atoms with E-state index >= 15 is 0 Å². The Kier molecular flexibility index (Phi) is 2.53. The van der Waals surface area contributed by atoms with Crippen LogP contribution in [0.1, 0.15) is 17.4 Å². The third-order valence-corrected chi connectivity index (χ3v) is 2.76. The van der Waals surface area contributed by atoms with Gasteiger partial charge in [0.05, 0.1) is 12.0 Å². The predicted octanol–water partition coefficient (Wildman–Crippen LogP) is 1.69. The van der Waals surface area contributed by atoms with E-state index in [4.69, 9.17) is 9.15 Å². The van der Waals surface area contributed by atoms with Crippen LogP contribution in [0.2, 0.25) is 0 Å². The smallest absolute Gasteiger partial charge is 0.262 e. The number of carbonyl (C=O) groups excluding carboxylic acids is 1. The fourth-order valence-corrected chi connectivity index (χ4v) is 1.88. The Morgan fingerprint density at radius 3 is 3.00 bits per heavy atom. The molecule has 1 aliphatic heterocycles. The molecular formula is C13H11NO4. The molecule has 18 heavy (non-hydrogen) atoms. The van der Waals surface area contributed by atoms with Crippen LogP contribution in [0, 0.1) is 0 Å².